The van der Waals surface area contributed by atoms with Crippen LogP contribution >= 0.6 is 0 Å². The van der Waals surface area contributed by atoms with Gasteiger partial charge < -0.3 is 41.3 Å². The highest BCUT2D eigenvalue weighted by Gasteiger charge is 2.24. The number of rotatable bonds is 17. The van der Waals surface area contributed by atoms with Crippen molar-refractivity contribution in [3.63, 3.8) is 0 Å². The first-order chi connectivity index (χ1) is 17.5. The zero-order chi connectivity index (χ0) is 27.8. The molecular weight excluding hydrogens is 492 g/mol. The van der Waals surface area contributed by atoms with Crippen molar-refractivity contribution in [2.45, 2.75) is 51.1 Å². The van der Waals surface area contributed by atoms with Gasteiger partial charge in [0.2, 0.25) is 5.91 Å². The van der Waals surface area contributed by atoms with Crippen molar-refractivity contribution in [3.05, 3.63) is 29.8 Å². The number of carbonyl (C=O) groups is 6. The van der Waals surface area contributed by atoms with Gasteiger partial charge in [-0.1, -0.05) is 12.1 Å². The molecule has 204 valence electrons. The highest BCUT2D eigenvalue weighted by Crippen LogP contribution is 2.17. The second kappa shape index (κ2) is 16.3. The molecule has 0 aliphatic carbocycles. The topological polar surface area (TPSA) is 220 Å². The van der Waals surface area contributed by atoms with Crippen molar-refractivity contribution < 1.29 is 48.8 Å². The number of carboxylic acids is 3. The fourth-order valence-corrected chi connectivity index (χ4v) is 3.08. The summed E-state index contributed by atoms with van der Waals surface area (Å²) in [5.74, 6) is -4.27. The van der Waals surface area contributed by atoms with Crippen LogP contribution in [0.15, 0.2) is 24.3 Å². The van der Waals surface area contributed by atoms with Gasteiger partial charge in [-0.3, -0.25) is 14.4 Å². The number of carboxylic acid groups (broad SMARTS) is 3. The minimum atomic E-state index is -1.49. The highest BCUT2D eigenvalue weighted by atomic mass is 16.5. The average molecular weight is 525 g/mol. The summed E-state index contributed by atoms with van der Waals surface area (Å²) in [6.07, 6.45) is -0.138. The first kappa shape index (κ1) is 30.7. The first-order valence-electron chi connectivity index (χ1n) is 11.5. The summed E-state index contributed by atoms with van der Waals surface area (Å²) in [5.41, 5.74) is 0.294. The summed E-state index contributed by atoms with van der Waals surface area (Å²) in [6, 6.07) is 2.71. The number of carbonyl (C=O) groups excluding carboxylic acids is 3. The molecule has 0 aliphatic rings. The zero-order valence-electron chi connectivity index (χ0n) is 20.3. The lowest BCUT2D eigenvalue weighted by Crippen LogP contribution is -2.51. The van der Waals surface area contributed by atoms with Gasteiger partial charge in [-0.25, -0.2) is 14.4 Å². The Hall–Kier alpha value is -4.36. The number of urea groups is 1. The predicted octanol–water partition coefficient (Wildman–Crippen LogP) is 0.172. The lowest BCUT2D eigenvalue weighted by atomic mass is 10.1. The third-order valence-corrected chi connectivity index (χ3v) is 4.92. The number of amides is 4. The molecule has 0 unspecified atom stereocenters. The number of unbranched alkanes of at least 4 members (excludes halogenated alkanes) is 1. The highest BCUT2D eigenvalue weighted by molar-refractivity contribution is 5.96. The van der Waals surface area contributed by atoms with Gasteiger partial charge in [0, 0.05) is 19.9 Å². The summed E-state index contributed by atoms with van der Waals surface area (Å²) >= 11 is 0. The molecule has 7 N–H and O–H groups in total. The van der Waals surface area contributed by atoms with Gasteiger partial charge in [0.25, 0.3) is 5.91 Å². The van der Waals surface area contributed by atoms with Gasteiger partial charge in [0.15, 0.2) is 0 Å². The summed E-state index contributed by atoms with van der Waals surface area (Å²) in [5, 5.41) is 36.6. The van der Waals surface area contributed by atoms with E-state index in [1.165, 1.54) is 6.92 Å². The Balaban J connectivity index is 2.48. The Morgan fingerprint density at radius 3 is 2.05 bits per heavy atom. The quantitative estimate of drug-likeness (QED) is 0.137. The van der Waals surface area contributed by atoms with E-state index in [9.17, 15) is 33.9 Å². The Bertz CT molecular complexity index is 969. The molecule has 14 nitrogen and oxygen atoms in total. The van der Waals surface area contributed by atoms with Gasteiger partial charge in [-0.15, -0.1) is 0 Å². The number of ether oxygens (including phenoxy) is 1. The molecule has 0 heterocycles. The lowest BCUT2D eigenvalue weighted by Gasteiger charge is -2.18. The summed E-state index contributed by atoms with van der Waals surface area (Å²) in [4.78, 5) is 68.7. The molecule has 0 radical (unpaired) electrons. The van der Waals surface area contributed by atoms with Crippen molar-refractivity contribution in [2.75, 3.05) is 19.7 Å². The zero-order valence-corrected chi connectivity index (χ0v) is 20.3. The fourth-order valence-electron chi connectivity index (χ4n) is 3.08. The van der Waals surface area contributed by atoms with E-state index in [0.29, 0.717) is 24.2 Å². The summed E-state index contributed by atoms with van der Waals surface area (Å²) in [7, 11) is 0. The predicted molar refractivity (Wildman–Crippen MR) is 128 cm³/mol. The molecule has 0 bridgehead atoms. The Morgan fingerprint density at radius 1 is 0.838 bits per heavy atom. The van der Waals surface area contributed by atoms with Crippen LogP contribution in [0.5, 0.6) is 5.75 Å². The van der Waals surface area contributed by atoms with E-state index in [4.69, 9.17) is 14.9 Å². The number of nitrogens with one attached hydrogen (secondary N) is 4. The molecule has 0 spiro atoms. The van der Waals surface area contributed by atoms with Crippen molar-refractivity contribution in [3.8, 4) is 5.75 Å². The Kier molecular flexibility index (Phi) is 13.5. The van der Waals surface area contributed by atoms with Crippen LogP contribution in [0, 0.1) is 0 Å². The van der Waals surface area contributed by atoms with Crippen LogP contribution in [0.4, 0.5) is 4.79 Å². The number of hydrogen-bond acceptors (Lipinski definition) is 7. The molecule has 0 aliphatic heterocycles. The average Bonchev–Trinajstić information content (AvgIpc) is 2.83. The van der Waals surface area contributed by atoms with Gasteiger partial charge in [-0.2, -0.15) is 0 Å². The molecule has 0 saturated heterocycles. The maximum Gasteiger partial charge on any atom is 0.326 e. The van der Waals surface area contributed by atoms with Crippen LogP contribution in [0.25, 0.3) is 0 Å². The molecule has 2 atom stereocenters. The molecule has 0 saturated carbocycles. The molecule has 0 aromatic heterocycles. The first-order valence-corrected chi connectivity index (χ1v) is 11.5. The molecular formula is C23H32N4O10. The van der Waals surface area contributed by atoms with Crippen LogP contribution in [-0.4, -0.2) is 82.9 Å². The Morgan fingerprint density at radius 2 is 1.46 bits per heavy atom. The Labute approximate surface area is 212 Å². The van der Waals surface area contributed by atoms with E-state index in [1.807, 2.05) is 0 Å². The van der Waals surface area contributed by atoms with E-state index in [0.717, 1.165) is 0 Å². The minimum absolute atomic E-state index is 0.00827. The maximum atomic E-state index is 12.5. The van der Waals surface area contributed by atoms with E-state index in [1.54, 1.807) is 24.3 Å². The van der Waals surface area contributed by atoms with Crippen LogP contribution in [0.2, 0.25) is 0 Å². The molecule has 4 amide bonds. The van der Waals surface area contributed by atoms with Crippen LogP contribution in [0.3, 0.4) is 0 Å². The minimum Gasteiger partial charge on any atom is -0.491 e. The van der Waals surface area contributed by atoms with Crippen LogP contribution in [0.1, 0.15) is 49.4 Å². The second-order valence-electron chi connectivity index (χ2n) is 7.91. The smallest absolute Gasteiger partial charge is 0.326 e. The van der Waals surface area contributed by atoms with E-state index in [2.05, 4.69) is 21.3 Å². The van der Waals surface area contributed by atoms with Gasteiger partial charge in [0.05, 0.1) is 12.1 Å². The van der Waals surface area contributed by atoms with Gasteiger partial charge >= 0.3 is 23.9 Å². The SMILES string of the molecule is CC(=O)NCCOc1ccccc1C(=O)NCCCC[C@H](NC(=O)N[C@@H](CCC(=O)O)C(=O)O)C(=O)O. The van der Waals surface area contributed by atoms with E-state index in [-0.39, 0.29) is 38.4 Å². The molecule has 14 heteroatoms. The number of para-hydroxylation sites is 1. The lowest BCUT2D eigenvalue weighted by molar-refractivity contribution is -0.140. The second-order valence-corrected chi connectivity index (χ2v) is 7.91. The number of aliphatic carboxylic acids is 3. The normalized spacial score (nSPS) is 11.9. The third-order valence-electron chi connectivity index (χ3n) is 4.92. The molecule has 0 fully saturated rings. The summed E-state index contributed by atoms with van der Waals surface area (Å²) < 4.78 is 5.55. The van der Waals surface area contributed by atoms with Gasteiger partial charge in [0.1, 0.15) is 24.4 Å². The number of benzene rings is 1. The fraction of sp³-hybridized carbons (Fsp3) is 0.478. The molecule has 1 aromatic rings. The van der Waals surface area contributed by atoms with Crippen molar-refractivity contribution in [2.24, 2.45) is 0 Å². The third kappa shape index (κ3) is 12.8. The van der Waals surface area contributed by atoms with Gasteiger partial charge in [-0.05, 0) is 37.8 Å². The maximum absolute atomic E-state index is 12.5. The molecule has 1 rings (SSSR count). The van der Waals surface area contributed by atoms with Crippen molar-refractivity contribution in [1.29, 1.82) is 0 Å². The van der Waals surface area contributed by atoms with Crippen LogP contribution in [-0.2, 0) is 19.2 Å². The molecule has 1 aromatic carbocycles. The van der Waals surface area contributed by atoms with Crippen LogP contribution < -0.4 is 26.0 Å². The summed E-state index contributed by atoms with van der Waals surface area (Å²) in [6.45, 7) is 2.05. The van der Waals surface area contributed by atoms with E-state index >= 15 is 0 Å². The molecule has 37 heavy (non-hydrogen) atoms. The largest absolute Gasteiger partial charge is 0.491 e. The van der Waals surface area contributed by atoms with E-state index < -0.39 is 48.4 Å². The number of hydrogen-bond donors (Lipinski definition) is 7. The standard InChI is InChI=1S/C23H32N4O10/c1-14(28)24-12-13-37-18-8-3-2-6-15(18)20(31)25-11-5-4-7-16(21(32)33)26-23(36)27-17(22(34)35)9-10-19(29)30/h2-3,6,8,16-17H,4-5,7,9-13H2,1H3,(H,24,28)(H,25,31)(H,29,30)(H,32,33)(H,34,35)(H2,26,27,36)/t16-,17-/m0/s1. The van der Waals surface area contributed by atoms with Crippen molar-refractivity contribution in [1.82, 2.24) is 21.3 Å². The van der Waals surface area contributed by atoms with Crippen molar-refractivity contribution >= 4 is 35.8 Å². The monoisotopic (exact) mass is 524 g/mol.